The molecule has 0 unspecified atom stereocenters. The minimum absolute atomic E-state index is 0.138. The number of ether oxygens (including phenoxy) is 1. The number of pyridine rings is 1. The largest absolute Gasteiger partial charge is 0.474 e. The van der Waals surface area contributed by atoms with Crippen molar-refractivity contribution in [1.29, 1.82) is 0 Å². The number of nitrogens with zero attached hydrogens (tertiary/aromatic N) is 2. The van der Waals surface area contributed by atoms with Gasteiger partial charge in [0.2, 0.25) is 11.8 Å². The summed E-state index contributed by atoms with van der Waals surface area (Å²) in [7, 11) is 0. The molecule has 1 amide bonds. The summed E-state index contributed by atoms with van der Waals surface area (Å²) in [4.78, 5) is 18.4. The highest BCUT2D eigenvalue weighted by Crippen LogP contribution is 2.42. The van der Waals surface area contributed by atoms with Crippen LogP contribution in [0.5, 0.6) is 5.88 Å². The minimum Gasteiger partial charge on any atom is -0.474 e. The Bertz CT molecular complexity index is 1110. The van der Waals surface area contributed by atoms with Crippen molar-refractivity contribution in [3.63, 3.8) is 0 Å². The van der Waals surface area contributed by atoms with E-state index in [0.29, 0.717) is 19.0 Å². The normalized spacial score (nSPS) is 16.7. The van der Waals surface area contributed by atoms with Gasteiger partial charge in [-0.2, -0.15) is 0 Å². The maximum absolute atomic E-state index is 11.6. The molecule has 1 aliphatic carbocycles. The zero-order valence-corrected chi connectivity index (χ0v) is 17.4. The Morgan fingerprint density at radius 3 is 2.45 bits per heavy atom. The summed E-state index contributed by atoms with van der Waals surface area (Å²) in [6.07, 6.45) is 3.24. The van der Waals surface area contributed by atoms with Gasteiger partial charge in [0.15, 0.2) is 0 Å². The Morgan fingerprint density at radius 2 is 1.81 bits per heavy atom. The molecule has 6 nitrogen and oxygen atoms in total. The van der Waals surface area contributed by atoms with Gasteiger partial charge in [-0.3, -0.25) is 4.79 Å². The summed E-state index contributed by atoms with van der Waals surface area (Å²) in [6.45, 7) is 1.20. The van der Waals surface area contributed by atoms with Crippen molar-refractivity contribution in [2.75, 3.05) is 24.6 Å². The lowest BCUT2D eigenvalue weighted by molar-refractivity contribution is -0.116. The molecule has 0 spiro atoms. The Morgan fingerprint density at radius 1 is 1.06 bits per heavy atom. The molecular formula is C25H26N4O2. The average molecular weight is 415 g/mol. The van der Waals surface area contributed by atoms with Gasteiger partial charge >= 0.3 is 0 Å². The van der Waals surface area contributed by atoms with E-state index in [-0.39, 0.29) is 18.0 Å². The van der Waals surface area contributed by atoms with Crippen LogP contribution in [0.15, 0.2) is 60.7 Å². The Hall–Kier alpha value is -3.38. The maximum atomic E-state index is 11.6. The number of nitrogens with two attached hydrogens (primary N) is 2. The van der Waals surface area contributed by atoms with Gasteiger partial charge in [-0.1, -0.05) is 54.6 Å². The number of primary amides is 1. The van der Waals surface area contributed by atoms with Gasteiger partial charge in [-0.05, 0) is 36.5 Å². The molecule has 0 bridgehead atoms. The van der Waals surface area contributed by atoms with Crippen LogP contribution in [-0.4, -0.2) is 30.6 Å². The van der Waals surface area contributed by atoms with Crippen LogP contribution in [0.3, 0.4) is 0 Å². The average Bonchev–Trinajstić information content (AvgIpc) is 2.77. The van der Waals surface area contributed by atoms with Crippen molar-refractivity contribution in [3.05, 3.63) is 66.2 Å². The maximum Gasteiger partial charge on any atom is 0.238 e. The molecule has 0 atom stereocenters. The van der Waals surface area contributed by atoms with Crippen LogP contribution < -0.4 is 21.1 Å². The van der Waals surface area contributed by atoms with Crippen molar-refractivity contribution < 1.29 is 9.53 Å². The number of fused-ring (bicyclic) bond motifs is 1. The topological polar surface area (TPSA) is 94.5 Å². The third-order valence-electron chi connectivity index (χ3n) is 6.32. The zero-order chi connectivity index (χ0) is 21.4. The van der Waals surface area contributed by atoms with Gasteiger partial charge in [0, 0.05) is 16.7 Å². The second kappa shape index (κ2) is 7.71. The van der Waals surface area contributed by atoms with E-state index in [4.69, 9.17) is 21.2 Å². The van der Waals surface area contributed by atoms with E-state index < -0.39 is 0 Å². The van der Waals surface area contributed by atoms with E-state index in [1.807, 2.05) is 23.1 Å². The lowest BCUT2D eigenvalue weighted by Crippen LogP contribution is -2.43. The lowest BCUT2D eigenvalue weighted by atomic mass is 9.72. The van der Waals surface area contributed by atoms with Crippen LogP contribution in [0, 0.1) is 0 Å². The first-order valence-electron chi connectivity index (χ1n) is 10.7. The molecule has 1 saturated carbocycles. The highest BCUT2D eigenvalue weighted by molar-refractivity contribution is 5.86. The van der Waals surface area contributed by atoms with Gasteiger partial charge in [0.05, 0.1) is 18.8 Å². The second-order valence-electron chi connectivity index (χ2n) is 8.40. The van der Waals surface area contributed by atoms with Gasteiger partial charge in [-0.25, -0.2) is 4.98 Å². The van der Waals surface area contributed by atoms with E-state index in [9.17, 15) is 4.79 Å². The summed E-state index contributed by atoms with van der Waals surface area (Å²) in [5.74, 6) is 0.154. The van der Waals surface area contributed by atoms with Crippen LogP contribution in [0.2, 0.25) is 0 Å². The molecule has 3 aromatic rings. The van der Waals surface area contributed by atoms with Crippen LogP contribution in [-0.2, 0) is 10.3 Å². The summed E-state index contributed by atoms with van der Waals surface area (Å²) >= 11 is 0. The molecule has 31 heavy (non-hydrogen) atoms. The number of anilines is 1. The molecular weight excluding hydrogens is 388 g/mol. The molecule has 4 N–H and O–H groups in total. The van der Waals surface area contributed by atoms with Crippen molar-refractivity contribution in [2.24, 2.45) is 11.5 Å². The summed E-state index contributed by atoms with van der Waals surface area (Å²) in [5, 5.41) is 0. The highest BCUT2D eigenvalue weighted by Gasteiger charge is 2.34. The Labute approximate surface area is 181 Å². The van der Waals surface area contributed by atoms with Crippen LogP contribution in [0.1, 0.15) is 24.8 Å². The number of hydrogen-bond acceptors (Lipinski definition) is 5. The first kappa shape index (κ1) is 19.6. The van der Waals surface area contributed by atoms with Crippen molar-refractivity contribution in [3.8, 4) is 28.3 Å². The SMILES string of the molecule is NC(=O)CN1CCOc2nc(-c3ccc(C4(N)CCC4)cc3)c(-c3ccccc3)cc21. The van der Waals surface area contributed by atoms with Gasteiger partial charge in [-0.15, -0.1) is 0 Å². The fourth-order valence-corrected chi connectivity index (χ4v) is 4.41. The molecule has 1 fully saturated rings. The highest BCUT2D eigenvalue weighted by atomic mass is 16.5. The Balaban J connectivity index is 1.62. The number of carbonyl (C=O) groups excluding carboxylic acids is 1. The van der Waals surface area contributed by atoms with E-state index in [2.05, 4.69) is 42.5 Å². The first-order valence-corrected chi connectivity index (χ1v) is 10.7. The number of rotatable bonds is 5. The number of benzene rings is 2. The number of hydrogen-bond donors (Lipinski definition) is 2. The van der Waals surface area contributed by atoms with E-state index >= 15 is 0 Å². The first-order chi connectivity index (χ1) is 15.0. The number of aromatic nitrogens is 1. The molecule has 0 radical (unpaired) electrons. The van der Waals surface area contributed by atoms with Crippen molar-refractivity contribution in [1.82, 2.24) is 4.98 Å². The molecule has 2 aromatic carbocycles. The fourth-order valence-electron chi connectivity index (χ4n) is 4.41. The van der Waals surface area contributed by atoms with Gasteiger partial charge in [0.25, 0.3) is 0 Å². The monoisotopic (exact) mass is 414 g/mol. The summed E-state index contributed by atoms with van der Waals surface area (Å²) in [5.41, 5.74) is 17.6. The van der Waals surface area contributed by atoms with Crippen molar-refractivity contribution >= 4 is 11.6 Å². The van der Waals surface area contributed by atoms with Gasteiger partial charge in [0.1, 0.15) is 12.3 Å². The molecule has 1 aromatic heterocycles. The number of carbonyl (C=O) groups is 1. The molecule has 2 aliphatic rings. The fraction of sp³-hybridized carbons (Fsp3) is 0.280. The summed E-state index contributed by atoms with van der Waals surface area (Å²) < 4.78 is 5.87. The minimum atomic E-state index is -0.375. The molecule has 1 aliphatic heterocycles. The standard InChI is InChI=1S/C25H26N4O2/c26-22(30)16-29-13-14-31-24-21(29)15-20(17-5-2-1-3-6-17)23(28-24)18-7-9-19(10-8-18)25(27)11-4-12-25/h1-3,5-10,15H,4,11-14,16,27H2,(H2,26,30). The van der Waals surface area contributed by atoms with Crippen LogP contribution in [0.25, 0.3) is 22.4 Å². The number of amides is 1. The third kappa shape index (κ3) is 3.64. The Kier molecular flexibility index (Phi) is 4.87. The zero-order valence-electron chi connectivity index (χ0n) is 17.4. The summed E-state index contributed by atoms with van der Waals surface area (Å²) in [6, 6.07) is 20.6. The lowest BCUT2D eigenvalue weighted by Gasteiger charge is -2.38. The van der Waals surface area contributed by atoms with E-state index in [1.165, 1.54) is 12.0 Å². The molecule has 5 rings (SSSR count). The van der Waals surface area contributed by atoms with Crippen LogP contribution in [0.4, 0.5) is 5.69 Å². The predicted molar refractivity (Wildman–Crippen MR) is 122 cm³/mol. The molecule has 0 saturated heterocycles. The predicted octanol–water partition coefficient (Wildman–Crippen LogP) is 3.44. The quantitative estimate of drug-likeness (QED) is 0.667. The smallest absolute Gasteiger partial charge is 0.238 e. The van der Waals surface area contributed by atoms with Crippen molar-refractivity contribution in [2.45, 2.75) is 24.8 Å². The second-order valence-corrected chi connectivity index (χ2v) is 8.40. The van der Waals surface area contributed by atoms with E-state index in [1.54, 1.807) is 0 Å². The van der Waals surface area contributed by atoms with E-state index in [0.717, 1.165) is 40.9 Å². The van der Waals surface area contributed by atoms with Gasteiger partial charge < -0.3 is 21.1 Å². The molecule has 2 heterocycles. The molecule has 158 valence electrons. The molecule has 6 heteroatoms. The van der Waals surface area contributed by atoms with Crippen LogP contribution >= 0.6 is 0 Å². The third-order valence-corrected chi connectivity index (χ3v) is 6.32.